The fraction of sp³-hybridized carbons (Fsp3) is 0.579. The van der Waals surface area contributed by atoms with Crippen molar-refractivity contribution in [3.8, 4) is 0 Å². The van der Waals surface area contributed by atoms with Crippen LogP contribution in [0.1, 0.15) is 31.9 Å². The molecule has 0 aliphatic carbocycles. The molecule has 1 atom stereocenters. The van der Waals surface area contributed by atoms with Crippen LogP contribution in [-0.4, -0.2) is 70.1 Å². The van der Waals surface area contributed by atoms with E-state index in [0.29, 0.717) is 26.2 Å². The van der Waals surface area contributed by atoms with Gasteiger partial charge in [-0.25, -0.2) is 0 Å². The number of aromatic nitrogens is 1. The highest BCUT2D eigenvalue weighted by Gasteiger charge is 2.38. The first-order chi connectivity index (χ1) is 12.6. The minimum Gasteiger partial charge on any atom is -0.339 e. The summed E-state index contributed by atoms with van der Waals surface area (Å²) in [5.74, 6) is -0.457. The van der Waals surface area contributed by atoms with Gasteiger partial charge in [-0.3, -0.25) is 19.4 Å². The van der Waals surface area contributed by atoms with Crippen molar-refractivity contribution in [1.82, 2.24) is 19.7 Å². The van der Waals surface area contributed by atoms with E-state index < -0.39 is 0 Å². The molecule has 0 unspecified atom stereocenters. The number of nitrogens with zero attached hydrogens (tertiary/aromatic N) is 4. The number of amides is 3. The molecule has 0 saturated carbocycles. The standard InChI is InChI=1S/C19H26N4O3/c1-2-3-8-21-9-10-22(14-18(21)25)19(26)15-11-17(24)23(12-15)13-16-6-4-5-7-20-16/h4-7,15H,2-3,8-14H2,1H3/t15-/m0/s1. The lowest BCUT2D eigenvalue weighted by Gasteiger charge is -2.35. The second-order valence-electron chi connectivity index (χ2n) is 6.99. The summed E-state index contributed by atoms with van der Waals surface area (Å²) >= 11 is 0. The fourth-order valence-corrected chi connectivity index (χ4v) is 3.52. The topological polar surface area (TPSA) is 73.8 Å². The quantitative estimate of drug-likeness (QED) is 0.757. The third-order valence-corrected chi connectivity index (χ3v) is 5.05. The summed E-state index contributed by atoms with van der Waals surface area (Å²) in [4.78, 5) is 46.7. The third kappa shape index (κ3) is 4.20. The maximum Gasteiger partial charge on any atom is 0.242 e. The summed E-state index contributed by atoms with van der Waals surface area (Å²) in [5, 5.41) is 0. The van der Waals surface area contributed by atoms with E-state index in [2.05, 4.69) is 11.9 Å². The summed E-state index contributed by atoms with van der Waals surface area (Å²) in [7, 11) is 0. The number of carbonyl (C=O) groups is 3. The lowest BCUT2D eigenvalue weighted by molar-refractivity contribution is -0.147. The highest BCUT2D eigenvalue weighted by atomic mass is 16.2. The Morgan fingerprint density at radius 1 is 1.19 bits per heavy atom. The van der Waals surface area contributed by atoms with Crippen LogP contribution in [0, 0.1) is 5.92 Å². The molecule has 2 saturated heterocycles. The smallest absolute Gasteiger partial charge is 0.242 e. The molecule has 2 fully saturated rings. The monoisotopic (exact) mass is 358 g/mol. The molecule has 0 N–H and O–H groups in total. The molecule has 3 heterocycles. The zero-order valence-corrected chi connectivity index (χ0v) is 15.3. The molecule has 7 heteroatoms. The fourth-order valence-electron chi connectivity index (χ4n) is 3.52. The molecule has 0 spiro atoms. The van der Waals surface area contributed by atoms with Crippen LogP contribution in [0.3, 0.4) is 0 Å². The predicted molar refractivity (Wildman–Crippen MR) is 95.8 cm³/mol. The normalized spacial score (nSPS) is 20.8. The van der Waals surface area contributed by atoms with Gasteiger partial charge in [0.25, 0.3) is 0 Å². The average molecular weight is 358 g/mol. The maximum absolute atomic E-state index is 12.8. The summed E-state index contributed by atoms with van der Waals surface area (Å²) in [5.41, 5.74) is 0.814. The summed E-state index contributed by atoms with van der Waals surface area (Å²) in [6, 6.07) is 5.59. The van der Waals surface area contributed by atoms with Crippen LogP contribution >= 0.6 is 0 Å². The van der Waals surface area contributed by atoms with Gasteiger partial charge in [-0.05, 0) is 18.6 Å². The number of hydrogen-bond donors (Lipinski definition) is 0. The lowest BCUT2D eigenvalue weighted by atomic mass is 10.1. The molecule has 0 radical (unpaired) electrons. The number of unbranched alkanes of at least 4 members (excludes halogenated alkanes) is 1. The summed E-state index contributed by atoms with van der Waals surface area (Å²) in [6.07, 6.45) is 3.94. The maximum atomic E-state index is 12.8. The zero-order chi connectivity index (χ0) is 18.5. The molecule has 1 aromatic heterocycles. The van der Waals surface area contributed by atoms with Crippen LogP contribution in [-0.2, 0) is 20.9 Å². The van der Waals surface area contributed by atoms with Crippen molar-refractivity contribution in [2.45, 2.75) is 32.7 Å². The molecular weight excluding hydrogens is 332 g/mol. The predicted octanol–water partition coefficient (Wildman–Crippen LogP) is 0.901. The molecule has 26 heavy (non-hydrogen) atoms. The van der Waals surface area contributed by atoms with Gasteiger partial charge in [0.1, 0.15) is 0 Å². The first kappa shape index (κ1) is 18.4. The molecule has 3 amide bonds. The number of likely N-dealkylation sites (tertiary alicyclic amines) is 1. The van der Waals surface area contributed by atoms with E-state index in [9.17, 15) is 14.4 Å². The van der Waals surface area contributed by atoms with Crippen LogP contribution in [0.15, 0.2) is 24.4 Å². The van der Waals surface area contributed by atoms with Crippen molar-refractivity contribution in [3.05, 3.63) is 30.1 Å². The van der Waals surface area contributed by atoms with Crippen LogP contribution in [0.25, 0.3) is 0 Å². The average Bonchev–Trinajstić information content (AvgIpc) is 3.01. The van der Waals surface area contributed by atoms with Gasteiger partial charge >= 0.3 is 0 Å². The van der Waals surface area contributed by atoms with Crippen LogP contribution in [0.4, 0.5) is 0 Å². The van der Waals surface area contributed by atoms with E-state index in [0.717, 1.165) is 25.1 Å². The van der Waals surface area contributed by atoms with Gasteiger partial charge in [-0.2, -0.15) is 0 Å². The Balaban J connectivity index is 1.54. The highest BCUT2D eigenvalue weighted by Crippen LogP contribution is 2.22. The molecule has 140 valence electrons. The largest absolute Gasteiger partial charge is 0.339 e. The Morgan fingerprint density at radius 3 is 2.73 bits per heavy atom. The van der Waals surface area contributed by atoms with Gasteiger partial charge in [0.15, 0.2) is 0 Å². The number of rotatable bonds is 6. The number of hydrogen-bond acceptors (Lipinski definition) is 4. The van der Waals surface area contributed by atoms with E-state index in [-0.39, 0.29) is 36.6 Å². The number of carbonyl (C=O) groups excluding carboxylic acids is 3. The Hall–Kier alpha value is -2.44. The van der Waals surface area contributed by atoms with Gasteiger partial charge in [0, 0.05) is 38.8 Å². The second-order valence-corrected chi connectivity index (χ2v) is 6.99. The van der Waals surface area contributed by atoms with Gasteiger partial charge in [0.05, 0.1) is 24.7 Å². The molecule has 3 rings (SSSR count). The van der Waals surface area contributed by atoms with Crippen molar-refractivity contribution in [2.24, 2.45) is 5.92 Å². The van der Waals surface area contributed by atoms with E-state index in [1.807, 2.05) is 23.1 Å². The van der Waals surface area contributed by atoms with Gasteiger partial charge in [-0.15, -0.1) is 0 Å². The van der Waals surface area contributed by atoms with E-state index in [1.165, 1.54) is 0 Å². The Labute approximate surface area is 154 Å². The molecule has 0 bridgehead atoms. The number of piperazine rings is 1. The highest BCUT2D eigenvalue weighted by molar-refractivity contribution is 5.92. The molecular formula is C19H26N4O3. The first-order valence-electron chi connectivity index (χ1n) is 9.32. The van der Waals surface area contributed by atoms with Crippen LogP contribution < -0.4 is 0 Å². The van der Waals surface area contributed by atoms with Crippen molar-refractivity contribution in [2.75, 3.05) is 32.7 Å². The minimum absolute atomic E-state index is 0.00714. The van der Waals surface area contributed by atoms with E-state index in [4.69, 9.17) is 0 Å². The van der Waals surface area contributed by atoms with Crippen LogP contribution in [0.5, 0.6) is 0 Å². The van der Waals surface area contributed by atoms with Crippen molar-refractivity contribution >= 4 is 17.7 Å². The Morgan fingerprint density at radius 2 is 2.04 bits per heavy atom. The Kier molecular flexibility index (Phi) is 5.85. The van der Waals surface area contributed by atoms with Gasteiger partial charge < -0.3 is 14.7 Å². The van der Waals surface area contributed by atoms with Gasteiger partial charge in [0.2, 0.25) is 17.7 Å². The molecule has 0 aromatic carbocycles. The van der Waals surface area contributed by atoms with Gasteiger partial charge in [-0.1, -0.05) is 19.4 Å². The van der Waals surface area contributed by atoms with Crippen molar-refractivity contribution < 1.29 is 14.4 Å². The van der Waals surface area contributed by atoms with E-state index in [1.54, 1.807) is 16.0 Å². The van der Waals surface area contributed by atoms with E-state index >= 15 is 0 Å². The zero-order valence-electron chi connectivity index (χ0n) is 15.3. The minimum atomic E-state index is -0.360. The lowest BCUT2D eigenvalue weighted by Crippen LogP contribution is -2.53. The van der Waals surface area contributed by atoms with Crippen molar-refractivity contribution in [3.63, 3.8) is 0 Å². The van der Waals surface area contributed by atoms with Crippen LogP contribution in [0.2, 0.25) is 0 Å². The SMILES string of the molecule is CCCCN1CCN(C(=O)[C@H]2CC(=O)N(Cc3ccccn3)C2)CC1=O. The number of pyridine rings is 1. The second kappa shape index (κ2) is 8.29. The first-order valence-corrected chi connectivity index (χ1v) is 9.32. The third-order valence-electron chi connectivity index (χ3n) is 5.05. The summed E-state index contributed by atoms with van der Waals surface area (Å²) < 4.78 is 0. The molecule has 2 aliphatic heterocycles. The Bertz CT molecular complexity index is 664. The molecule has 7 nitrogen and oxygen atoms in total. The summed E-state index contributed by atoms with van der Waals surface area (Å²) in [6.45, 7) is 4.95. The van der Waals surface area contributed by atoms with Crippen molar-refractivity contribution in [1.29, 1.82) is 0 Å². The molecule has 2 aliphatic rings. The molecule has 1 aromatic rings.